The van der Waals surface area contributed by atoms with E-state index in [1.54, 1.807) is 13.0 Å². The zero-order valence-electron chi connectivity index (χ0n) is 14.4. The van der Waals surface area contributed by atoms with Crippen LogP contribution in [-0.2, 0) is 9.59 Å². The van der Waals surface area contributed by atoms with Gasteiger partial charge in [0.25, 0.3) is 5.69 Å². The largest absolute Gasteiger partial charge is 0.325 e. The van der Waals surface area contributed by atoms with Gasteiger partial charge in [-0.2, -0.15) is 0 Å². The summed E-state index contributed by atoms with van der Waals surface area (Å²) in [7, 11) is 0. The first kappa shape index (κ1) is 19.5. The second-order valence-electron chi connectivity index (χ2n) is 5.66. The molecule has 0 aromatic heterocycles. The number of rotatable bonds is 7. The van der Waals surface area contributed by atoms with Crippen molar-refractivity contribution in [2.45, 2.75) is 19.1 Å². The van der Waals surface area contributed by atoms with Gasteiger partial charge in [-0.15, -0.1) is 11.8 Å². The third-order valence-corrected chi connectivity index (χ3v) is 4.64. The number of nitro benzene ring substituents is 1. The van der Waals surface area contributed by atoms with Gasteiger partial charge in [-0.3, -0.25) is 19.7 Å². The van der Waals surface area contributed by atoms with Crippen LogP contribution in [0.15, 0.2) is 48.5 Å². The first-order valence-corrected chi connectivity index (χ1v) is 8.93. The number of non-ortho nitro benzene ring substituents is 1. The highest BCUT2D eigenvalue weighted by Gasteiger charge is 2.16. The Balaban J connectivity index is 1.83. The number of hydrogen-bond donors (Lipinski definition) is 2. The highest BCUT2D eigenvalue weighted by molar-refractivity contribution is 8.01. The summed E-state index contributed by atoms with van der Waals surface area (Å²) >= 11 is 1.19. The molecule has 0 aliphatic carbocycles. The Morgan fingerprint density at radius 1 is 1.12 bits per heavy atom. The third-order valence-electron chi connectivity index (χ3n) is 3.49. The average Bonchev–Trinajstić information content (AvgIpc) is 2.61. The molecular formula is C18H19N3O4S. The Kier molecular flexibility index (Phi) is 6.74. The fourth-order valence-corrected chi connectivity index (χ4v) is 2.74. The number of thioether (sulfide) groups is 1. The molecule has 0 fully saturated rings. The molecule has 2 amide bonds. The van der Waals surface area contributed by atoms with Crippen molar-refractivity contribution in [3.8, 4) is 0 Å². The zero-order chi connectivity index (χ0) is 19.1. The van der Waals surface area contributed by atoms with Crippen molar-refractivity contribution in [3.63, 3.8) is 0 Å². The molecule has 0 bridgehead atoms. The molecule has 2 aromatic carbocycles. The standard InChI is InChI=1S/C18H19N3O4S/c1-12-6-8-14(9-7-12)19-17(22)11-26-13(2)18(23)20-15-4-3-5-16(10-15)21(24)25/h3-10,13H,11H2,1-2H3,(H,19,22)(H,20,23)/t13-/m0/s1. The lowest BCUT2D eigenvalue weighted by molar-refractivity contribution is -0.384. The van der Waals surface area contributed by atoms with Crippen molar-refractivity contribution in [2.24, 2.45) is 0 Å². The van der Waals surface area contributed by atoms with Gasteiger partial charge < -0.3 is 10.6 Å². The van der Waals surface area contributed by atoms with Crippen LogP contribution in [0.25, 0.3) is 0 Å². The fraction of sp³-hybridized carbons (Fsp3) is 0.222. The van der Waals surface area contributed by atoms with Gasteiger partial charge >= 0.3 is 0 Å². The number of amides is 2. The molecule has 8 heteroatoms. The Morgan fingerprint density at radius 3 is 2.46 bits per heavy atom. The normalized spacial score (nSPS) is 11.5. The lowest BCUT2D eigenvalue weighted by atomic mass is 10.2. The Labute approximate surface area is 155 Å². The molecule has 0 saturated carbocycles. The zero-order valence-corrected chi connectivity index (χ0v) is 15.2. The summed E-state index contributed by atoms with van der Waals surface area (Å²) in [5.41, 5.74) is 2.06. The topological polar surface area (TPSA) is 101 Å². The lowest BCUT2D eigenvalue weighted by Gasteiger charge is -2.12. The summed E-state index contributed by atoms with van der Waals surface area (Å²) < 4.78 is 0. The molecule has 1 atom stereocenters. The predicted octanol–water partition coefficient (Wildman–Crippen LogP) is 3.60. The van der Waals surface area contributed by atoms with Crippen LogP contribution in [0.5, 0.6) is 0 Å². The molecule has 0 aliphatic heterocycles. The molecule has 0 heterocycles. The van der Waals surface area contributed by atoms with Crippen LogP contribution in [0, 0.1) is 17.0 Å². The molecule has 2 aromatic rings. The summed E-state index contributed by atoms with van der Waals surface area (Å²) in [4.78, 5) is 34.4. The van der Waals surface area contributed by atoms with Crippen molar-refractivity contribution in [1.29, 1.82) is 0 Å². The fourth-order valence-electron chi connectivity index (χ4n) is 2.05. The molecule has 136 valence electrons. The van der Waals surface area contributed by atoms with Gasteiger partial charge in [0.15, 0.2) is 0 Å². The van der Waals surface area contributed by atoms with E-state index in [4.69, 9.17) is 0 Å². The van der Waals surface area contributed by atoms with Gasteiger partial charge in [0.2, 0.25) is 11.8 Å². The van der Waals surface area contributed by atoms with Crippen LogP contribution in [0.2, 0.25) is 0 Å². The molecule has 7 nitrogen and oxygen atoms in total. The molecule has 0 spiro atoms. The maximum atomic E-state index is 12.2. The summed E-state index contributed by atoms with van der Waals surface area (Å²) in [6.07, 6.45) is 0. The number of nitro groups is 1. The smallest absolute Gasteiger partial charge is 0.271 e. The number of nitrogens with zero attached hydrogens (tertiary/aromatic N) is 1. The number of nitrogens with one attached hydrogen (secondary N) is 2. The van der Waals surface area contributed by atoms with Crippen molar-refractivity contribution in [2.75, 3.05) is 16.4 Å². The van der Waals surface area contributed by atoms with Crippen LogP contribution in [0.3, 0.4) is 0 Å². The molecule has 2 N–H and O–H groups in total. The highest BCUT2D eigenvalue weighted by Crippen LogP contribution is 2.19. The second-order valence-corrected chi connectivity index (χ2v) is 6.99. The molecular weight excluding hydrogens is 354 g/mol. The van der Waals surface area contributed by atoms with Crippen LogP contribution < -0.4 is 10.6 Å². The lowest BCUT2D eigenvalue weighted by Crippen LogP contribution is -2.25. The van der Waals surface area contributed by atoms with Crippen molar-refractivity contribution in [1.82, 2.24) is 0 Å². The molecule has 2 rings (SSSR count). The summed E-state index contributed by atoms with van der Waals surface area (Å²) in [6.45, 7) is 3.64. The minimum atomic E-state index is -0.525. The maximum Gasteiger partial charge on any atom is 0.271 e. The van der Waals surface area contributed by atoms with Crippen molar-refractivity contribution < 1.29 is 14.5 Å². The SMILES string of the molecule is Cc1ccc(NC(=O)CS[C@@H](C)C(=O)Nc2cccc([N+](=O)[O-])c2)cc1. The number of hydrogen-bond acceptors (Lipinski definition) is 5. The van der Waals surface area contributed by atoms with Gasteiger partial charge in [-0.05, 0) is 32.0 Å². The van der Waals surface area contributed by atoms with Crippen LogP contribution >= 0.6 is 11.8 Å². The summed E-state index contributed by atoms with van der Waals surface area (Å²) in [6, 6.07) is 13.2. The minimum Gasteiger partial charge on any atom is -0.325 e. The van der Waals surface area contributed by atoms with E-state index in [9.17, 15) is 19.7 Å². The summed E-state index contributed by atoms with van der Waals surface area (Å²) in [5, 5.41) is 15.7. The predicted molar refractivity (Wildman–Crippen MR) is 103 cm³/mol. The van der Waals surface area contributed by atoms with E-state index >= 15 is 0 Å². The highest BCUT2D eigenvalue weighted by atomic mass is 32.2. The number of benzene rings is 2. The van der Waals surface area contributed by atoms with Gasteiger partial charge in [-0.1, -0.05) is 23.8 Å². The van der Waals surface area contributed by atoms with E-state index in [2.05, 4.69) is 10.6 Å². The first-order valence-electron chi connectivity index (χ1n) is 7.88. The van der Waals surface area contributed by atoms with E-state index in [1.807, 2.05) is 31.2 Å². The van der Waals surface area contributed by atoms with Crippen molar-refractivity contribution in [3.05, 3.63) is 64.2 Å². The molecule has 0 aliphatic rings. The Bertz CT molecular complexity index is 808. The van der Waals surface area contributed by atoms with Gasteiger partial charge in [0, 0.05) is 23.5 Å². The number of carbonyl (C=O) groups is 2. The van der Waals surface area contributed by atoms with E-state index in [0.29, 0.717) is 11.4 Å². The first-order chi connectivity index (χ1) is 12.3. The van der Waals surface area contributed by atoms with E-state index in [0.717, 1.165) is 5.56 Å². The summed E-state index contributed by atoms with van der Waals surface area (Å²) in [5.74, 6) is -0.398. The monoisotopic (exact) mass is 373 g/mol. The van der Waals surface area contributed by atoms with Crippen LogP contribution in [0.4, 0.5) is 17.1 Å². The Morgan fingerprint density at radius 2 is 1.81 bits per heavy atom. The van der Waals surface area contributed by atoms with Crippen LogP contribution in [-0.4, -0.2) is 27.7 Å². The maximum absolute atomic E-state index is 12.2. The molecule has 0 radical (unpaired) electrons. The van der Waals surface area contributed by atoms with Crippen LogP contribution in [0.1, 0.15) is 12.5 Å². The van der Waals surface area contributed by atoms with E-state index in [-0.39, 0.29) is 23.3 Å². The molecule has 26 heavy (non-hydrogen) atoms. The number of anilines is 2. The average molecular weight is 373 g/mol. The second kappa shape index (κ2) is 9.00. The van der Waals surface area contributed by atoms with Crippen molar-refractivity contribution >= 4 is 40.6 Å². The van der Waals surface area contributed by atoms with Gasteiger partial charge in [0.1, 0.15) is 0 Å². The Hall–Kier alpha value is -2.87. The number of carbonyl (C=O) groups excluding carboxylic acids is 2. The molecule has 0 saturated heterocycles. The minimum absolute atomic E-state index is 0.0967. The van der Waals surface area contributed by atoms with Gasteiger partial charge in [0.05, 0.1) is 15.9 Å². The quantitative estimate of drug-likeness (QED) is 0.570. The van der Waals surface area contributed by atoms with E-state index < -0.39 is 10.2 Å². The third kappa shape index (κ3) is 5.89. The number of aryl methyl sites for hydroxylation is 1. The molecule has 0 unspecified atom stereocenters. The van der Waals surface area contributed by atoms with Gasteiger partial charge in [-0.25, -0.2) is 0 Å². The van der Waals surface area contributed by atoms with E-state index in [1.165, 1.54) is 30.0 Å².